The molecule has 7 heteroatoms. The Hall–Kier alpha value is -2.93. The third-order valence-electron chi connectivity index (χ3n) is 4.43. The molecule has 0 aliphatic carbocycles. The summed E-state index contributed by atoms with van der Waals surface area (Å²) in [5.41, 5.74) is 2.95. The number of guanidine groups is 1. The number of hydrogen-bond acceptors (Lipinski definition) is 5. The number of nitrogens with one attached hydrogen (secondary N) is 2. The van der Waals surface area contributed by atoms with Gasteiger partial charge in [0.2, 0.25) is 0 Å². The lowest BCUT2D eigenvalue weighted by Crippen LogP contribution is -2.37. The maximum absolute atomic E-state index is 8.96. The summed E-state index contributed by atoms with van der Waals surface area (Å²) in [6.45, 7) is 12.2. The summed E-state index contributed by atoms with van der Waals surface area (Å²) in [4.78, 5) is 4.71. The van der Waals surface area contributed by atoms with Crippen LogP contribution in [0.3, 0.4) is 0 Å². The molecular weight excluding hydrogens is 406 g/mol. The minimum Gasteiger partial charge on any atom is -0.493 e. The van der Waals surface area contributed by atoms with Gasteiger partial charge in [0.15, 0.2) is 17.5 Å². The van der Waals surface area contributed by atoms with Crippen LogP contribution in [0.25, 0.3) is 0 Å². The summed E-state index contributed by atoms with van der Waals surface area (Å²) in [7, 11) is 1.60. The highest BCUT2D eigenvalue weighted by molar-refractivity contribution is 5.79. The number of nitrogens with zero attached hydrogens (tertiary/aromatic N) is 1. The number of ether oxygens (including phenoxy) is 3. The van der Waals surface area contributed by atoms with Gasteiger partial charge >= 0.3 is 0 Å². The molecule has 0 heterocycles. The Labute approximate surface area is 191 Å². The first kappa shape index (κ1) is 25.3. The van der Waals surface area contributed by atoms with Gasteiger partial charge < -0.3 is 30.0 Å². The first-order valence-electron chi connectivity index (χ1n) is 11.0. The van der Waals surface area contributed by atoms with Gasteiger partial charge in [0.25, 0.3) is 0 Å². The summed E-state index contributed by atoms with van der Waals surface area (Å²) >= 11 is 0. The third-order valence-corrected chi connectivity index (χ3v) is 4.43. The number of aliphatic hydroxyl groups excluding tert-OH is 1. The van der Waals surface area contributed by atoms with Crippen LogP contribution in [-0.4, -0.2) is 43.5 Å². The van der Waals surface area contributed by atoms with E-state index in [1.54, 1.807) is 7.11 Å². The highest BCUT2D eigenvalue weighted by Gasteiger charge is 2.15. The number of benzene rings is 2. The van der Waals surface area contributed by atoms with Crippen molar-refractivity contribution in [2.24, 2.45) is 4.99 Å². The van der Waals surface area contributed by atoms with Gasteiger partial charge in [-0.3, -0.25) is 0 Å². The zero-order chi connectivity index (χ0) is 23.6. The predicted octanol–water partition coefficient (Wildman–Crippen LogP) is 3.81. The molecule has 176 valence electrons. The van der Waals surface area contributed by atoms with Crippen molar-refractivity contribution in [1.82, 2.24) is 10.6 Å². The maximum Gasteiger partial charge on any atom is 0.191 e. The van der Waals surface area contributed by atoms with E-state index in [2.05, 4.69) is 35.8 Å². The normalized spacial score (nSPS) is 11.8. The average molecular weight is 444 g/mol. The van der Waals surface area contributed by atoms with E-state index in [1.165, 1.54) is 0 Å². The molecule has 2 rings (SSSR count). The summed E-state index contributed by atoms with van der Waals surface area (Å²) in [5, 5.41) is 15.6. The Bertz CT molecular complexity index is 891. The van der Waals surface area contributed by atoms with E-state index in [0.29, 0.717) is 30.5 Å². The molecule has 7 nitrogen and oxygen atoms in total. The van der Waals surface area contributed by atoms with Gasteiger partial charge in [-0.1, -0.05) is 18.2 Å². The molecular formula is C25H37N3O4. The van der Waals surface area contributed by atoms with Crippen LogP contribution in [0, 0.1) is 6.92 Å². The Morgan fingerprint density at radius 3 is 2.47 bits per heavy atom. The monoisotopic (exact) mass is 443 g/mol. The first-order chi connectivity index (χ1) is 15.3. The standard InChI is InChI=1S/C25H37N3O4/c1-7-26-24(27-16-19-9-11-21(31-13-12-29)23(15-19)30-6)28-17-20-10-8-18(2)14-22(20)32-25(3,4)5/h8-11,14-15,29H,7,12-13,16-17H2,1-6H3,(H2,26,27,28). The van der Waals surface area contributed by atoms with Crippen LogP contribution in [0.4, 0.5) is 0 Å². The molecule has 0 saturated heterocycles. The average Bonchev–Trinajstić information content (AvgIpc) is 2.74. The van der Waals surface area contributed by atoms with Crippen molar-refractivity contribution in [2.75, 3.05) is 26.9 Å². The van der Waals surface area contributed by atoms with Crippen molar-refractivity contribution < 1.29 is 19.3 Å². The second-order valence-electron chi connectivity index (χ2n) is 8.43. The zero-order valence-corrected chi connectivity index (χ0v) is 20.1. The number of aliphatic imine (C=N–C) groups is 1. The summed E-state index contributed by atoms with van der Waals surface area (Å²) in [6.07, 6.45) is 0. The minimum absolute atomic E-state index is 0.0452. The lowest BCUT2D eigenvalue weighted by atomic mass is 10.1. The number of methoxy groups -OCH3 is 1. The predicted molar refractivity (Wildman–Crippen MR) is 129 cm³/mol. The van der Waals surface area contributed by atoms with Gasteiger partial charge in [0.05, 0.1) is 20.3 Å². The SMILES string of the molecule is CCNC(=NCc1ccc(OCCO)c(OC)c1)NCc1ccc(C)cc1OC(C)(C)C. The summed E-state index contributed by atoms with van der Waals surface area (Å²) in [6, 6.07) is 11.9. The van der Waals surface area contributed by atoms with Crippen LogP contribution in [0.1, 0.15) is 44.4 Å². The lowest BCUT2D eigenvalue weighted by molar-refractivity contribution is 0.129. The molecule has 32 heavy (non-hydrogen) atoms. The molecule has 0 aromatic heterocycles. The highest BCUT2D eigenvalue weighted by Crippen LogP contribution is 2.28. The van der Waals surface area contributed by atoms with E-state index in [9.17, 15) is 0 Å². The number of hydrogen-bond donors (Lipinski definition) is 3. The molecule has 2 aromatic carbocycles. The second kappa shape index (κ2) is 12.2. The van der Waals surface area contributed by atoms with Crippen molar-refractivity contribution in [1.29, 1.82) is 0 Å². The molecule has 0 unspecified atom stereocenters. The van der Waals surface area contributed by atoms with Crippen molar-refractivity contribution in [2.45, 2.75) is 53.3 Å². The Morgan fingerprint density at radius 2 is 1.81 bits per heavy atom. The van der Waals surface area contributed by atoms with Crippen molar-refractivity contribution in [3.8, 4) is 17.2 Å². The van der Waals surface area contributed by atoms with Crippen LogP contribution >= 0.6 is 0 Å². The van der Waals surface area contributed by atoms with Gasteiger partial charge in [-0.05, 0) is 63.9 Å². The molecule has 3 N–H and O–H groups in total. The Morgan fingerprint density at radius 1 is 1.03 bits per heavy atom. The van der Waals surface area contributed by atoms with Crippen molar-refractivity contribution >= 4 is 5.96 Å². The summed E-state index contributed by atoms with van der Waals surface area (Å²) < 4.78 is 17.1. The number of aliphatic hydroxyl groups is 1. The molecule has 0 spiro atoms. The molecule has 0 amide bonds. The largest absolute Gasteiger partial charge is 0.493 e. The van der Waals surface area contributed by atoms with E-state index in [4.69, 9.17) is 24.3 Å². The van der Waals surface area contributed by atoms with Gasteiger partial charge in [-0.25, -0.2) is 4.99 Å². The van der Waals surface area contributed by atoms with E-state index < -0.39 is 0 Å². The van der Waals surface area contributed by atoms with E-state index >= 15 is 0 Å². The Balaban J connectivity index is 2.11. The fourth-order valence-corrected chi connectivity index (χ4v) is 3.01. The Kier molecular flexibility index (Phi) is 9.65. The lowest BCUT2D eigenvalue weighted by Gasteiger charge is -2.24. The molecule has 0 bridgehead atoms. The quantitative estimate of drug-likeness (QED) is 0.383. The van der Waals surface area contributed by atoms with Crippen LogP contribution in [0.5, 0.6) is 17.2 Å². The smallest absolute Gasteiger partial charge is 0.191 e. The topological polar surface area (TPSA) is 84.3 Å². The van der Waals surface area contributed by atoms with Crippen LogP contribution in [-0.2, 0) is 13.1 Å². The van der Waals surface area contributed by atoms with Crippen LogP contribution in [0.2, 0.25) is 0 Å². The molecule has 0 atom stereocenters. The molecule has 2 aromatic rings. The second-order valence-corrected chi connectivity index (χ2v) is 8.43. The number of rotatable bonds is 10. The minimum atomic E-state index is -0.271. The van der Waals surface area contributed by atoms with Crippen molar-refractivity contribution in [3.05, 3.63) is 53.1 Å². The van der Waals surface area contributed by atoms with E-state index in [1.807, 2.05) is 45.9 Å². The maximum atomic E-state index is 8.96. The molecule has 0 aliphatic heterocycles. The fraction of sp³-hybridized carbons (Fsp3) is 0.480. The highest BCUT2D eigenvalue weighted by atomic mass is 16.5. The summed E-state index contributed by atoms with van der Waals surface area (Å²) in [5.74, 6) is 2.82. The van der Waals surface area contributed by atoms with Gasteiger partial charge in [-0.2, -0.15) is 0 Å². The van der Waals surface area contributed by atoms with Crippen molar-refractivity contribution in [3.63, 3.8) is 0 Å². The van der Waals surface area contributed by atoms with E-state index in [-0.39, 0.29) is 18.8 Å². The molecule has 0 radical (unpaired) electrons. The van der Waals surface area contributed by atoms with Gasteiger partial charge in [0, 0.05) is 18.7 Å². The molecule has 0 aliphatic rings. The van der Waals surface area contributed by atoms with E-state index in [0.717, 1.165) is 29.0 Å². The van der Waals surface area contributed by atoms with Gasteiger partial charge in [-0.15, -0.1) is 0 Å². The first-order valence-corrected chi connectivity index (χ1v) is 11.0. The zero-order valence-electron chi connectivity index (χ0n) is 20.1. The van der Waals surface area contributed by atoms with Crippen LogP contribution < -0.4 is 24.8 Å². The fourth-order valence-electron chi connectivity index (χ4n) is 3.01. The van der Waals surface area contributed by atoms with Crippen LogP contribution in [0.15, 0.2) is 41.4 Å². The molecule has 0 saturated carbocycles. The number of aryl methyl sites for hydroxylation is 1. The third kappa shape index (κ3) is 8.30. The van der Waals surface area contributed by atoms with Gasteiger partial charge in [0.1, 0.15) is 18.0 Å². The molecule has 0 fully saturated rings.